The molecule has 1 aliphatic rings. The van der Waals surface area contributed by atoms with E-state index in [1.165, 1.54) is 25.3 Å². The molecule has 1 fully saturated rings. The molecular weight excluding hydrogens is 246 g/mol. The van der Waals surface area contributed by atoms with E-state index in [2.05, 4.69) is 5.32 Å². The first-order valence-electron chi connectivity index (χ1n) is 6.79. The molecule has 0 spiro atoms. The van der Waals surface area contributed by atoms with Crippen LogP contribution in [0.2, 0.25) is 0 Å². The van der Waals surface area contributed by atoms with Gasteiger partial charge in [0.15, 0.2) is 0 Å². The summed E-state index contributed by atoms with van der Waals surface area (Å²) in [5.74, 6) is -0.474. The second-order valence-electron chi connectivity index (χ2n) is 5.39. The average molecular weight is 267 g/mol. The molecule has 0 bridgehead atoms. The number of aliphatic hydroxyl groups excluding tert-OH is 1. The molecule has 1 aliphatic carbocycles. The van der Waals surface area contributed by atoms with Gasteiger partial charge in [0.25, 0.3) is 0 Å². The topological polar surface area (TPSA) is 82.7 Å². The van der Waals surface area contributed by atoms with Gasteiger partial charge in [0.05, 0.1) is 6.54 Å². The molecule has 106 valence electrons. The molecule has 0 aromatic carbocycles. The lowest BCUT2D eigenvalue weighted by molar-refractivity contribution is 0.0659. The predicted molar refractivity (Wildman–Crippen MR) is 70.0 cm³/mol. The van der Waals surface area contributed by atoms with Crippen molar-refractivity contribution in [2.75, 3.05) is 13.2 Å². The zero-order valence-electron chi connectivity index (χ0n) is 11.0. The van der Waals surface area contributed by atoms with Gasteiger partial charge in [-0.25, -0.2) is 4.79 Å². The molecule has 1 saturated carbocycles. The standard InChI is InChI=1S/C14H21NO4/c16-10-14(6-2-1-3-7-14)9-15-8-11-4-5-12(19-11)13(17)18/h4-5,15-16H,1-3,6-10H2,(H,17,18). The summed E-state index contributed by atoms with van der Waals surface area (Å²) in [5, 5.41) is 21.6. The van der Waals surface area contributed by atoms with Crippen LogP contribution in [0.4, 0.5) is 0 Å². The number of carboxylic acids is 1. The Hall–Kier alpha value is -1.33. The number of carbonyl (C=O) groups is 1. The van der Waals surface area contributed by atoms with Gasteiger partial charge in [0, 0.05) is 18.6 Å². The number of aliphatic hydroxyl groups is 1. The van der Waals surface area contributed by atoms with E-state index in [1.807, 2.05) is 0 Å². The van der Waals surface area contributed by atoms with Gasteiger partial charge in [0.2, 0.25) is 5.76 Å². The molecule has 0 amide bonds. The molecule has 1 aromatic rings. The predicted octanol–water partition coefficient (Wildman–Crippen LogP) is 2.01. The number of nitrogens with one attached hydrogen (secondary N) is 1. The van der Waals surface area contributed by atoms with Crippen molar-refractivity contribution in [2.45, 2.75) is 38.6 Å². The van der Waals surface area contributed by atoms with Crippen LogP contribution in [0.1, 0.15) is 48.4 Å². The highest BCUT2D eigenvalue weighted by Gasteiger charge is 2.30. The number of carboxylic acid groups (broad SMARTS) is 1. The van der Waals surface area contributed by atoms with Crippen LogP contribution in [0, 0.1) is 5.41 Å². The summed E-state index contributed by atoms with van der Waals surface area (Å²) < 4.78 is 5.18. The third kappa shape index (κ3) is 3.58. The number of aromatic carboxylic acids is 1. The maximum atomic E-state index is 10.7. The Morgan fingerprint density at radius 2 is 2.05 bits per heavy atom. The van der Waals surface area contributed by atoms with E-state index < -0.39 is 5.97 Å². The largest absolute Gasteiger partial charge is 0.475 e. The van der Waals surface area contributed by atoms with E-state index in [0.29, 0.717) is 12.3 Å². The molecule has 0 atom stereocenters. The first kappa shape index (κ1) is 14.1. The van der Waals surface area contributed by atoms with Crippen molar-refractivity contribution in [1.29, 1.82) is 0 Å². The van der Waals surface area contributed by atoms with Crippen LogP contribution >= 0.6 is 0 Å². The van der Waals surface area contributed by atoms with Crippen LogP contribution in [-0.2, 0) is 6.54 Å². The van der Waals surface area contributed by atoms with Gasteiger partial charge in [-0.05, 0) is 25.0 Å². The Labute approximate surface area is 112 Å². The van der Waals surface area contributed by atoms with Gasteiger partial charge in [0.1, 0.15) is 5.76 Å². The van der Waals surface area contributed by atoms with Gasteiger partial charge in [-0.15, -0.1) is 0 Å². The Bertz CT molecular complexity index is 421. The monoisotopic (exact) mass is 267 g/mol. The van der Waals surface area contributed by atoms with Crippen LogP contribution in [0.15, 0.2) is 16.5 Å². The number of rotatable bonds is 6. The van der Waals surface area contributed by atoms with Crippen LogP contribution in [0.5, 0.6) is 0 Å². The second-order valence-corrected chi connectivity index (χ2v) is 5.39. The molecule has 1 aromatic heterocycles. The summed E-state index contributed by atoms with van der Waals surface area (Å²) >= 11 is 0. The quantitative estimate of drug-likeness (QED) is 0.734. The normalized spacial score (nSPS) is 18.4. The van der Waals surface area contributed by atoms with Crippen LogP contribution in [0.25, 0.3) is 0 Å². The highest BCUT2D eigenvalue weighted by Crippen LogP contribution is 2.35. The Morgan fingerprint density at radius 3 is 2.63 bits per heavy atom. The van der Waals surface area contributed by atoms with Crippen molar-refractivity contribution in [3.05, 3.63) is 23.7 Å². The van der Waals surface area contributed by atoms with Crippen molar-refractivity contribution >= 4 is 5.97 Å². The summed E-state index contributed by atoms with van der Waals surface area (Å²) in [5.41, 5.74) is -0.0134. The lowest BCUT2D eigenvalue weighted by Gasteiger charge is -2.35. The van der Waals surface area contributed by atoms with E-state index in [-0.39, 0.29) is 17.8 Å². The fourth-order valence-electron chi connectivity index (χ4n) is 2.73. The van der Waals surface area contributed by atoms with Gasteiger partial charge >= 0.3 is 5.97 Å². The molecule has 3 N–H and O–H groups in total. The number of furan rings is 1. The first-order chi connectivity index (χ1) is 9.15. The van der Waals surface area contributed by atoms with E-state index in [4.69, 9.17) is 9.52 Å². The molecule has 0 unspecified atom stereocenters. The highest BCUT2D eigenvalue weighted by molar-refractivity contribution is 5.84. The summed E-state index contributed by atoms with van der Waals surface area (Å²) in [6, 6.07) is 3.13. The van der Waals surface area contributed by atoms with E-state index in [9.17, 15) is 9.90 Å². The van der Waals surface area contributed by atoms with Crippen LogP contribution < -0.4 is 5.32 Å². The van der Waals surface area contributed by atoms with Crippen molar-refractivity contribution < 1.29 is 19.4 Å². The third-order valence-electron chi connectivity index (χ3n) is 3.92. The van der Waals surface area contributed by atoms with Crippen LogP contribution in [0.3, 0.4) is 0 Å². The summed E-state index contributed by atoms with van der Waals surface area (Å²) in [4.78, 5) is 10.7. The fraction of sp³-hybridized carbons (Fsp3) is 0.643. The molecule has 5 nitrogen and oxygen atoms in total. The molecule has 19 heavy (non-hydrogen) atoms. The van der Waals surface area contributed by atoms with Gasteiger partial charge in [-0.3, -0.25) is 0 Å². The maximum absolute atomic E-state index is 10.7. The van der Waals surface area contributed by atoms with Crippen molar-refractivity contribution in [3.63, 3.8) is 0 Å². The van der Waals surface area contributed by atoms with Gasteiger partial charge < -0.3 is 19.9 Å². The highest BCUT2D eigenvalue weighted by atomic mass is 16.4. The zero-order chi connectivity index (χ0) is 13.7. The number of hydrogen-bond donors (Lipinski definition) is 3. The van der Waals surface area contributed by atoms with Crippen molar-refractivity contribution in [1.82, 2.24) is 5.32 Å². The lowest BCUT2D eigenvalue weighted by atomic mass is 9.74. The summed E-state index contributed by atoms with van der Waals surface area (Å²) in [6.45, 7) is 1.44. The molecule has 1 heterocycles. The third-order valence-corrected chi connectivity index (χ3v) is 3.92. The zero-order valence-corrected chi connectivity index (χ0v) is 11.0. The average Bonchev–Trinajstić information content (AvgIpc) is 2.89. The maximum Gasteiger partial charge on any atom is 0.371 e. The molecule has 0 radical (unpaired) electrons. The van der Waals surface area contributed by atoms with Crippen LogP contribution in [-0.4, -0.2) is 29.3 Å². The molecule has 0 aliphatic heterocycles. The Morgan fingerprint density at radius 1 is 1.32 bits per heavy atom. The SMILES string of the molecule is O=C(O)c1ccc(CNCC2(CO)CCCCC2)o1. The van der Waals surface area contributed by atoms with Crippen molar-refractivity contribution in [2.24, 2.45) is 5.41 Å². The smallest absolute Gasteiger partial charge is 0.371 e. The number of hydrogen-bond acceptors (Lipinski definition) is 4. The van der Waals surface area contributed by atoms with E-state index >= 15 is 0 Å². The molecule has 2 rings (SSSR count). The summed E-state index contributed by atoms with van der Waals surface area (Å²) in [7, 11) is 0. The van der Waals surface area contributed by atoms with E-state index in [1.54, 1.807) is 6.07 Å². The minimum absolute atomic E-state index is 0.0134. The molecule has 5 heteroatoms. The molecule has 0 saturated heterocycles. The Kier molecular flexibility index (Phi) is 4.61. The minimum Gasteiger partial charge on any atom is -0.475 e. The second kappa shape index (κ2) is 6.21. The fourth-order valence-corrected chi connectivity index (χ4v) is 2.73. The van der Waals surface area contributed by atoms with Gasteiger partial charge in [-0.2, -0.15) is 0 Å². The lowest BCUT2D eigenvalue weighted by Crippen LogP contribution is -2.38. The Balaban J connectivity index is 1.82. The van der Waals surface area contributed by atoms with Gasteiger partial charge in [-0.1, -0.05) is 19.3 Å². The molecular formula is C14H21NO4. The van der Waals surface area contributed by atoms with E-state index in [0.717, 1.165) is 19.4 Å². The summed E-state index contributed by atoms with van der Waals surface area (Å²) in [6.07, 6.45) is 5.70. The minimum atomic E-state index is -1.05. The first-order valence-corrected chi connectivity index (χ1v) is 6.79. The van der Waals surface area contributed by atoms with Crippen molar-refractivity contribution in [3.8, 4) is 0 Å².